The molecule has 134 valence electrons. The second-order valence-corrected chi connectivity index (χ2v) is 7.81. The van der Waals surface area contributed by atoms with Crippen LogP contribution in [0.25, 0.3) is 6.08 Å². The lowest BCUT2D eigenvalue weighted by atomic mass is 9.88. The topological polar surface area (TPSA) is 91.3 Å². The molecule has 0 aliphatic carbocycles. The molecular formula is C17H27N3O3S. The van der Waals surface area contributed by atoms with Crippen LogP contribution in [0, 0.1) is 12.3 Å². The van der Waals surface area contributed by atoms with Crippen LogP contribution >= 0.6 is 11.3 Å². The third-order valence-electron chi connectivity index (χ3n) is 3.53. The number of carbonyl (C=O) groups is 2. The Labute approximate surface area is 147 Å². The van der Waals surface area contributed by atoms with Gasteiger partial charge in [0, 0.05) is 0 Å². The van der Waals surface area contributed by atoms with Crippen molar-refractivity contribution in [1.29, 1.82) is 0 Å². The molecule has 2 amide bonds. The fourth-order valence-electron chi connectivity index (χ4n) is 2.05. The third kappa shape index (κ3) is 5.42. The number of amides is 2. The zero-order valence-corrected chi connectivity index (χ0v) is 15.8. The Hall–Kier alpha value is -1.73. The van der Waals surface area contributed by atoms with E-state index in [-0.39, 0.29) is 5.91 Å². The van der Waals surface area contributed by atoms with E-state index in [1.54, 1.807) is 26.8 Å². The highest BCUT2D eigenvalue weighted by molar-refractivity contribution is 7.16. The highest BCUT2D eigenvalue weighted by Crippen LogP contribution is 2.24. The molecule has 6 nitrogen and oxygen atoms in total. The largest absolute Gasteiger partial charge is 0.383 e. The number of nitrogens with zero attached hydrogens (tertiary/aromatic N) is 1. The standard InChI is InChI=1S/C17H27N3O3S/c1-7-9-11(19-15(23)13(21)17(4,5)6)14(22)20-16-18-10(3)12(8-2)24-16/h8,11,13,21H,2,7,9H2,1,3-6H3,(H,19,23)(H,18,20,22). The van der Waals surface area contributed by atoms with E-state index < -0.39 is 23.5 Å². The Bertz CT molecular complexity index is 605. The van der Waals surface area contributed by atoms with Crippen molar-refractivity contribution in [3.05, 3.63) is 17.2 Å². The Morgan fingerprint density at radius 2 is 2.00 bits per heavy atom. The van der Waals surface area contributed by atoms with Crippen LogP contribution in [-0.2, 0) is 9.59 Å². The minimum atomic E-state index is -1.18. The van der Waals surface area contributed by atoms with Gasteiger partial charge in [0.25, 0.3) is 0 Å². The van der Waals surface area contributed by atoms with Gasteiger partial charge in [-0.1, -0.05) is 58.1 Å². The molecule has 0 aliphatic rings. The Morgan fingerprint density at radius 1 is 1.38 bits per heavy atom. The Balaban J connectivity index is 2.81. The Kier molecular flexibility index (Phi) is 7.10. The third-order valence-corrected chi connectivity index (χ3v) is 4.60. The van der Waals surface area contributed by atoms with Crippen LogP contribution in [0.5, 0.6) is 0 Å². The van der Waals surface area contributed by atoms with Crippen molar-refractivity contribution in [2.24, 2.45) is 5.41 Å². The van der Waals surface area contributed by atoms with Gasteiger partial charge in [0.1, 0.15) is 12.1 Å². The van der Waals surface area contributed by atoms with Crippen molar-refractivity contribution in [2.45, 2.75) is 59.6 Å². The molecule has 7 heteroatoms. The van der Waals surface area contributed by atoms with Crippen molar-refractivity contribution in [1.82, 2.24) is 10.3 Å². The number of hydrogen-bond donors (Lipinski definition) is 3. The summed E-state index contributed by atoms with van der Waals surface area (Å²) in [6, 6.07) is -0.712. The summed E-state index contributed by atoms with van der Waals surface area (Å²) in [4.78, 5) is 29.8. The van der Waals surface area contributed by atoms with Crippen molar-refractivity contribution < 1.29 is 14.7 Å². The van der Waals surface area contributed by atoms with Crippen molar-refractivity contribution in [3.63, 3.8) is 0 Å². The molecule has 0 saturated heterocycles. The van der Waals surface area contributed by atoms with Gasteiger partial charge in [0.15, 0.2) is 5.13 Å². The first kappa shape index (κ1) is 20.3. The molecule has 0 radical (unpaired) electrons. The zero-order chi connectivity index (χ0) is 18.5. The normalized spacial score (nSPS) is 13.9. The summed E-state index contributed by atoms with van der Waals surface area (Å²) in [5.41, 5.74) is 0.201. The summed E-state index contributed by atoms with van der Waals surface area (Å²) in [6.07, 6.45) is 1.71. The Morgan fingerprint density at radius 3 is 2.46 bits per heavy atom. The first-order valence-electron chi connectivity index (χ1n) is 7.99. The van der Waals surface area contributed by atoms with Gasteiger partial charge < -0.3 is 15.7 Å². The number of thiazole rings is 1. The average Bonchev–Trinajstić information content (AvgIpc) is 2.84. The fraction of sp³-hybridized carbons (Fsp3) is 0.588. The summed E-state index contributed by atoms with van der Waals surface area (Å²) in [6.45, 7) is 12.8. The van der Waals surface area contributed by atoms with Crippen LogP contribution < -0.4 is 10.6 Å². The van der Waals surface area contributed by atoms with Crippen LogP contribution in [0.15, 0.2) is 6.58 Å². The number of aromatic nitrogens is 1. The maximum absolute atomic E-state index is 12.5. The molecule has 1 aromatic heterocycles. The van der Waals surface area contributed by atoms with E-state index in [9.17, 15) is 14.7 Å². The van der Waals surface area contributed by atoms with Crippen molar-refractivity contribution in [3.8, 4) is 0 Å². The summed E-state index contributed by atoms with van der Waals surface area (Å²) < 4.78 is 0. The van der Waals surface area contributed by atoms with Gasteiger partial charge in [0.2, 0.25) is 11.8 Å². The van der Waals surface area contributed by atoms with E-state index in [2.05, 4.69) is 22.2 Å². The zero-order valence-electron chi connectivity index (χ0n) is 15.0. The highest BCUT2D eigenvalue weighted by Gasteiger charge is 2.31. The van der Waals surface area contributed by atoms with Crippen LogP contribution in [0.1, 0.15) is 51.1 Å². The van der Waals surface area contributed by atoms with E-state index in [0.29, 0.717) is 11.6 Å². The molecule has 0 aromatic carbocycles. The minimum absolute atomic E-state index is 0.337. The highest BCUT2D eigenvalue weighted by atomic mass is 32.1. The van der Waals surface area contributed by atoms with Crippen LogP contribution in [-0.4, -0.2) is 34.1 Å². The minimum Gasteiger partial charge on any atom is -0.383 e. The van der Waals surface area contributed by atoms with Gasteiger partial charge >= 0.3 is 0 Å². The van der Waals surface area contributed by atoms with Gasteiger partial charge in [-0.3, -0.25) is 9.59 Å². The molecule has 0 fully saturated rings. The first-order chi connectivity index (χ1) is 11.1. The number of aliphatic hydroxyl groups is 1. The van der Waals surface area contributed by atoms with Crippen LogP contribution in [0.3, 0.4) is 0 Å². The van der Waals surface area contributed by atoms with Crippen LogP contribution in [0.4, 0.5) is 5.13 Å². The van der Waals surface area contributed by atoms with Gasteiger partial charge in [-0.15, -0.1) is 0 Å². The van der Waals surface area contributed by atoms with E-state index in [1.807, 2.05) is 13.8 Å². The lowest BCUT2D eigenvalue weighted by Gasteiger charge is -2.26. The predicted octanol–water partition coefficient (Wildman–Crippen LogP) is 2.72. The fourth-order valence-corrected chi connectivity index (χ4v) is 2.86. The first-order valence-corrected chi connectivity index (χ1v) is 8.81. The average molecular weight is 353 g/mol. The number of aliphatic hydroxyl groups excluding tert-OH is 1. The van der Waals surface area contributed by atoms with Gasteiger partial charge in [-0.25, -0.2) is 4.98 Å². The van der Waals surface area contributed by atoms with Gasteiger partial charge in [-0.2, -0.15) is 0 Å². The molecule has 0 saturated carbocycles. The van der Waals surface area contributed by atoms with E-state index in [4.69, 9.17) is 0 Å². The number of rotatable bonds is 7. The molecule has 0 aliphatic heterocycles. The summed E-state index contributed by atoms with van der Waals surface area (Å²) in [5.74, 6) is -0.881. The number of aryl methyl sites for hydroxylation is 1. The molecule has 1 aromatic rings. The SMILES string of the molecule is C=Cc1sc(NC(=O)C(CCC)NC(=O)C(O)C(C)(C)C)nc1C. The second-order valence-electron chi connectivity index (χ2n) is 6.78. The molecule has 3 N–H and O–H groups in total. The summed E-state index contributed by atoms with van der Waals surface area (Å²) in [7, 11) is 0. The molecule has 1 heterocycles. The second kappa shape index (κ2) is 8.39. The smallest absolute Gasteiger partial charge is 0.250 e. The monoisotopic (exact) mass is 353 g/mol. The molecule has 0 bridgehead atoms. The lowest BCUT2D eigenvalue weighted by molar-refractivity contribution is -0.137. The number of carbonyl (C=O) groups excluding carboxylic acids is 2. The van der Waals surface area contributed by atoms with Gasteiger partial charge in [-0.05, 0) is 18.8 Å². The molecular weight excluding hydrogens is 326 g/mol. The molecule has 1 rings (SSSR count). The number of hydrogen-bond acceptors (Lipinski definition) is 5. The quantitative estimate of drug-likeness (QED) is 0.703. The number of anilines is 1. The van der Waals surface area contributed by atoms with E-state index >= 15 is 0 Å². The van der Waals surface area contributed by atoms with Crippen LogP contribution in [0.2, 0.25) is 0 Å². The molecule has 2 unspecified atom stereocenters. The van der Waals surface area contributed by atoms with E-state index in [1.165, 1.54) is 11.3 Å². The van der Waals surface area contributed by atoms with Gasteiger partial charge in [0.05, 0.1) is 10.6 Å². The molecule has 0 spiro atoms. The number of nitrogens with one attached hydrogen (secondary N) is 2. The van der Waals surface area contributed by atoms with Crippen molar-refractivity contribution >= 4 is 34.4 Å². The lowest BCUT2D eigenvalue weighted by Crippen LogP contribution is -2.50. The molecule has 24 heavy (non-hydrogen) atoms. The molecule has 2 atom stereocenters. The van der Waals surface area contributed by atoms with E-state index in [0.717, 1.165) is 17.0 Å². The summed E-state index contributed by atoms with van der Waals surface area (Å²) >= 11 is 1.33. The van der Waals surface area contributed by atoms with Crippen molar-refractivity contribution in [2.75, 3.05) is 5.32 Å². The maximum Gasteiger partial charge on any atom is 0.250 e. The predicted molar refractivity (Wildman–Crippen MR) is 97.9 cm³/mol. The summed E-state index contributed by atoms with van der Waals surface area (Å²) in [5, 5.41) is 15.9. The maximum atomic E-state index is 12.5.